The molecular formula is C19H21N3O2. The molecule has 0 fully saturated rings. The largest absolute Gasteiger partial charge is 0.383 e. The third-order valence-electron chi connectivity index (χ3n) is 4.15. The molecule has 3 aromatic rings. The topological polar surface area (TPSA) is 47.4 Å². The predicted molar refractivity (Wildman–Crippen MR) is 95.5 cm³/mol. The minimum atomic E-state index is -0.0366. The van der Waals surface area contributed by atoms with Crippen LogP contribution in [0.15, 0.2) is 48.5 Å². The van der Waals surface area contributed by atoms with Crippen molar-refractivity contribution in [2.75, 3.05) is 25.7 Å². The molecule has 0 spiro atoms. The van der Waals surface area contributed by atoms with E-state index in [1.807, 2.05) is 55.5 Å². The second kappa shape index (κ2) is 6.84. The van der Waals surface area contributed by atoms with Gasteiger partial charge in [-0.2, -0.15) is 0 Å². The molecule has 24 heavy (non-hydrogen) atoms. The van der Waals surface area contributed by atoms with Crippen LogP contribution in [0.5, 0.6) is 0 Å². The van der Waals surface area contributed by atoms with Crippen molar-refractivity contribution >= 4 is 22.6 Å². The summed E-state index contributed by atoms with van der Waals surface area (Å²) in [7, 11) is 3.47. The number of aromatic nitrogens is 2. The Morgan fingerprint density at radius 3 is 2.67 bits per heavy atom. The minimum absolute atomic E-state index is 0.0366. The summed E-state index contributed by atoms with van der Waals surface area (Å²) in [6.07, 6.45) is 0. The van der Waals surface area contributed by atoms with Gasteiger partial charge in [0.2, 0.25) is 0 Å². The molecule has 1 aromatic heterocycles. The highest BCUT2D eigenvalue weighted by molar-refractivity contribution is 6.06. The van der Waals surface area contributed by atoms with Crippen LogP contribution in [0.1, 0.15) is 16.2 Å². The number of hydrogen-bond acceptors (Lipinski definition) is 3. The van der Waals surface area contributed by atoms with Crippen molar-refractivity contribution in [2.24, 2.45) is 0 Å². The van der Waals surface area contributed by atoms with E-state index >= 15 is 0 Å². The highest BCUT2D eigenvalue weighted by atomic mass is 16.5. The normalized spacial score (nSPS) is 11.0. The average molecular weight is 323 g/mol. The second-order valence-electron chi connectivity index (χ2n) is 5.71. The number of fused-ring (bicyclic) bond motifs is 1. The molecule has 124 valence electrons. The third-order valence-corrected chi connectivity index (χ3v) is 4.15. The van der Waals surface area contributed by atoms with E-state index in [1.54, 1.807) is 19.1 Å². The van der Waals surface area contributed by atoms with Crippen molar-refractivity contribution in [3.63, 3.8) is 0 Å². The number of carbonyl (C=O) groups excluding carboxylic acids is 1. The number of anilines is 1. The van der Waals surface area contributed by atoms with E-state index in [9.17, 15) is 4.79 Å². The summed E-state index contributed by atoms with van der Waals surface area (Å²) in [5.74, 6) is 0.904. The Morgan fingerprint density at radius 1 is 1.21 bits per heavy atom. The summed E-state index contributed by atoms with van der Waals surface area (Å²) in [5.41, 5.74) is 3.43. The van der Waals surface area contributed by atoms with Crippen LogP contribution in [0.4, 0.5) is 5.69 Å². The van der Waals surface area contributed by atoms with Gasteiger partial charge in [-0.1, -0.05) is 18.2 Å². The zero-order valence-electron chi connectivity index (χ0n) is 14.2. The summed E-state index contributed by atoms with van der Waals surface area (Å²) >= 11 is 0. The van der Waals surface area contributed by atoms with Crippen LogP contribution in [0, 0.1) is 6.92 Å². The molecule has 0 radical (unpaired) electrons. The van der Waals surface area contributed by atoms with Crippen molar-refractivity contribution < 1.29 is 9.53 Å². The molecule has 0 N–H and O–H groups in total. The zero-order valence-corrected chi connectivity index (χ0v) is 14.2. The number of rotatable bonds is 5. The maximum absolute atomic E-state index is 12.6. The van der Waals surface area contributed by atoms with E-state index in [-0.39, 0.29) is 5.91 Å². The van der Waals surface area contributed by atoms with Gasteiger partial charge >= 0.3 is 0 Å². The first-order chi connectivity index (χ1) is 11.6. The maximum Gasteiger partial charge on any atom is 0.258 e. The molecular weight excluding hydrogens is 302 g/mol. The van der Waals surface area contributed by atoms with Crippen LogP contribution in [0.3, 0.4) is 0 Å². The van der Waals surface area contributed by atoms with Gasteiger partial charge in [0.05, 0.1) is 17.6 Å². The Balaban J connectivity index is 1.92. The number of methoxy groups -OCH3 is 1. The van der Waals surface area contributed by atoms with E-state index in [0.29, 0.717) is 12.2 Å². The molecule has 3 rings (SSSR count). The van der Waals surface area contributed by atoms with Gasteiger partial charge in [0.1, 0.15) is 5.82 Å². The van der Waals surface area contributed by atoms with E-state index in [4.69, 9.17) is 4.74 Å². The summed E-state index contributed by atoms with van der Waals surface area (Å²) in [6.45, 7) is 3.38. The van der Waals surface area contributed by atoms with Crippen LogP contribution in [0.25, 0.3) is 11.0 Å². The number of carbonyl (C=O) groups is 1. The first kappa shape index (κ1) is 16.2. The van der Waals surface area contributed by atoms with Crippen LogP contribution in [-0.4, -0.2) is 36.2 Å². The quantitative estimate of drug-likeness (QED) is 0.724. The van der Waals surface area contributed by atoms with Gasteiger partial charge in [-0.05, 0) is 37.3 Å². The van der Waals surface area contributed by atoms with E-state index < -0.39 is 0 Å². The highest BCUT2D eigenvalue weighted by Gasteiger charge is 2.15. The van der Waals surface area contributed by atoms with Gasteiger partial charge in [0.15, 0.2) is 0 Å². The van der Waals surface area contributed by atoms with E-state index in [1.165, 1.54) is 0 Å². The second-order valence-corrected chi connectivity index (χ2v) is 5.71. The predicted octanol–water partition coefficient (Wildman–Crippen LogP) is 3.27. The summed E-state index contributed by atoms with van der Waals surface area (Å²) < 4.78 is 7.29. The van der Waals surface area contributed by atoms with Gasteiger partial charge in [0, 0.05) is 32.0 Å². The van der Waals surface area contributed by atoms with Crippen molar-refractivity contribution in [2.45, 2.75) is 13.5 Å². The van der Waals surface area contributed by atoms with E-state index in [0.717, 1.165) is 29.1 Å². The molecule has 1 amide bonds. The molecule has 0 aliphatic heterocycles. The van der Waals surface area contributed by atoms with Crippen molar-refractivity contribution in [3.8, 4) is 0 Å². The fraction of sp³-hybridized carbons (Fsp3) is 0.263. The van der Waals surface area contributed by atoms with Crippen LogP contribution < -0.4 is 4.90 Å². The number of ether oxygens (including phenoxy) is 1. The SMILES string of the molecule is COCCn1c(C)nc2cc(N(C)C(=O)c3ccccc3)ccc21. The lowest BCUT2D eigenvalue weighted by molar-refractivity contribution is 0.0993. The fourth-order valence-electron chi connectivity index (χ4n) is 2.80. The molecule has 0 aliphatic rings. The number of imidazole rings is 1. The minimum Gasteiger partial charge on any atom is -0.383 e. The lowest BCUT2D eigenvalue weighted by Gasteiger charge is -2.17. The lowest BCUT2D eigenvalue weighted by Crippen LogP contribution is -2.26. The lowest BCUT2D eigenvalue weighted by atomic mass is 10.2. The van der Waals surface area contributed by atoms with Crippen LogP contribution in [0.2, 0.25) is 0 Å². The van der Waals surface area contributed by atoms with Crippen molar-refractivity contribution in [1.29, 1.82) is 0 Å². The summed E-state index contributed by atoms with van der Waals surface area (Å²) in [4.78, 5) is 18.8. The van der Waals surface area contributed by atoms with Gasteiger partial charge in [-0.3, -0.25) is 4.79 Å². The molecule has 5 nitrogen and oxygen atoms in total. The maximum atomic E-state index is 12.6. The number of amides is 1. The Morgan fingerprint density at radius 2 is 1.96 bits per heavy atom. The number of aryl methyl sites for hydroxylation is 1. The standard InChI is InChI=1S/C19H21N3O2/c1-14-20-17-13-16(9-10-18(17)22(14)11-12-24-3)21(2)19(23)15-7-5-4-6-8-15/h4-10,13H,11-12H2,1-3H3. The zero-order chi connectivity index (χ0) is 17.1. The Hall–Kier alpha value is -2.66. The van der Waals surface area contributed by atoms with Gasteiger partial charge < -0.3 is 14.2 Å². The van der Waals surface area contributed by atoms with Crippen LogP contribution in [-0.2, 0) is 11.3 Å². The van der Waals surface area contributed by atoms with Gasteiger partial charge in [-0.25, -0.2) is 4.98 Å². The molecule has 0 aliphatic carbocycles. The highest BCUT2D eigenvalue weighted by Crippen LogP contribution is 2.23. The molecule has 0 bridgehead atoms. The Bertz CT molecular complexity index is 856. The van der Waals surface area contributed by atoms with Crippen LogP contribution >= 0.6 is 0 Å². The Kier molecular flexibility index (Phi) is 4.62. The molecule has 0 saturated heterocycles. The molecule has 2 aromatic carbocycles. The average Bonchev–Trinajstić information content (AvgIpc) is 2.93. The first-order valence-corrected chi connectivity index (χ1v) is 7.90. The smallest absolute Gasteiger partial charge is 0.258 e. The number of nitrogens with zero attached hydrogens (tertiary/aromatic N) is 3. The summed E-state index contributed by atoms with van der Waals surface area (Å²) in [5, 5.41) is 0. The van der Waals surface area contributed by atoms with Gasteiger partial charge in [0.25, 0.3) is 5.91 Å². The Labute approximate surface area is 141 Å². The van der Waals surface area contributed by atoms with Gasteiger partial charge in [-0.15, -0.1) is 0 Å². The molecule has 0 saturated carbocycles. The third kappa shape index (κ3) is 3.03. The monoisotopic (exact) mass is 323 g/mol. The molecule has 1 heterocycles. The van der Waals surface area contributed by atoms with E-state index in [2.05, 4.69) is 9.55 Å². The van der Waals surface area contributed by atoms with Crippen molar-refractivity contribution in [1.82, 2.24) is 9.55 Å². The molecule has 5 heteroatoms. The fourth-order valence-corrected chi connectivity index (χ4v) is 2.80. The summed E-state index contributed by atoms with van der Waals surface area (Å²) in [6, 6.07) is 15.2. The molecule has 0 atom stereocenters. The number of hydrogen-bond donors (Lipinski definition) is 0. The first-order valence-electron chi connectivity index (χ1n) is 7.90. The molecule has 0 unspecified atom stereocenters. The van der Waals surface area contributed by atoms with Crippen molar-refractivity contribution in [3.05, 3.63) is 59.9 Å². The number of benzene rings is 2.